The molecule has 0 amide bonds. The molecule has 1 aliphatic rings. The van der Waals surface area contributed by atoms with Crippen LogP contribution in [0.3, 0.4) is 0 Å². The molecule has 58 valence electrons. The van der Waals surface area contributed by atoms with Gasteiger partial charge in [0.05, 0.1) is 6.61 Å². The number of esters is 1. The molecule has 1 heterocycles. The van der Waals surface area contributed by atoms with Gasteiger partial charge < -0.3 is 4.74 Å². The normalized spacial score (nSPS) is 29.8. The predicted molar refractivity (Wildman–Crippen MR) is 33.9 cm³/mol. The van der Waals surface area contributed by atoms with Crippen LogP contribution in [0.15, 0.2) is 0 Å². The van der Waals surface area contributed by atoms with Gasteiger partial charge in [0.1, 0.15) is 0 Å². The summed E-state index contributed by atoms with van der Waals surface area (Å²) in [5.74, 6) is -0.322. The van der Waals surface area contributed by atoms with Crippen molar-refractivity contribution in [2.75, 3.05) is 6.61 Å². The summed E-state index contributed by atoms with van der Waals surface area (Å²) in [6.45, 7) is 4.02. The third kappa shape index (κ3) is 1.12. The van der Waals surface area contributed by atoms with Crippen LogP contribution in [0.5, 0.6) is 0 Å². The Hall–Kier alpha value is -0.610. The summed E-state index contributed by atoms with van der Waals surface area (Å²) in [5.41, 5.74) is 1.70. The second kappa shape index (κ2) is 2.56. The van der Waals surface area contributed by atoms with Crippen molar-refractivity contribution in [1.29, 1.82) is 0 Å². The fourth-order valence-electron chi connectivity index (χ4n) is 0.681. The van der Waals surface area contributed by atoms with E-state index in [-0.39, 0.29) is 5.97 Å². The maximum absolute atomic E-state index is 10.9. The smallest absolute Gasteiger partial charge is 0.357 e. The van der Waals surface area contributed by atoms with Gasteiger partial charge in [0.15, 0.2) is 0 Å². The van der Waals surface area contributed by atoms with Gasteiger partial charge in [0, 0.05) is 6.42 Å². The van der Waals surface area contributed by atoms with Crippen molar-refractivity contribution < 1.29 is 14.4 Å². The molecule has 0 aromatic rings. The zero-order chi connectivity index (χ0) is 7.61. The highest BCUT2D eigenvalue weighted by Gasteiger charge is 2.52. The van der Waals surface area contributed by atoms with E-state index >= 15 is 0 Å². The minimum Gasteiger partial charge on any atom is -0.463 e. The van der Waals surface area contributed by atoms with E-state index < -0.39 is 5.72 Å². The summed E-state index contributed by atoms with van der Waals surface area (Å²) in [4.78, 5) is 15.7. The molecule has 10 heavy (non-hydrogen) atoms. The Morgan fingerprint density at radius 2 is 2.30 bits per heavy atom. The Bertz CT molecular complexity index is 142. The third-order valence-electron chi connectivity index (χ3n) is 1.45. The lowest BCUT2D eigenvalue weighted by atomic mass is 10.2. The molecule has 0 aromatic carbocycles. The Morgan fingerprint density at radius 1 is 1.70 bits per heavy atom. The number of hydrogen-bond acceptors (Lipinski definition) is 4. The standard InChI is InChI=1S/C6H11NO3/c1-3-6(7-10-6)5(8)9-4-2/h7H,3-4H2,1-2H3. The third-order valence-corrected chi connectivity index (χ3v) is 1.45. The minimum absolute atomic E-state index is 0.322. The number of rotatable bonds is 3. The number of hydroxylamine groups is 1. The number of carbonyl (C=O) groups is 1. The molecule has 1 saturated heterocycles. The predicted octanol–water partition coefficient (Wildman–Crippen LogP) is 0.191. The zero-order valence-corrected chi connectivity index (χ0v) is 6.14. The Morgan fingerprint density at radius 3 is 2.60 bits per heavy atom. The Labute approximate surface area is 59.5 Å². The fourth-order valence-corrected chi connectivity index (χ4v) is 0.681. The molecule has 0 saturated carbocycles. The van der Waals surface area contributed by atoms with E-state index in [1.54, 1.807) is 6.92 Å². The molecule has 0 radical (unpaired) electrons. The highest BCUT2D eigenvalue weighted by atomic mass is 16.8. The zero-order valence-electron chi connectivity index (χ0n) is 6.14. The molecule has 1 unspecified atom stereocenters. The molecular weight excluding hydrogens is 134 g/mol. The van der Waals surface area contributed by atoms with Crippen LogP contribution >= 0.6 is 0 Å². The van der Waals surface area contributed by atoms with Gasteiger partial charge >= 0.3 is 5.97 Å². The lowest BCUT2D eigenvalue weighted by Crippen LogP contribution is -2.28. The van der Waals surface area contributed by atoms with Crippen molar-refractivity contribution in [3.8, 4) is 0 Å². The van der Waals surface area contributed by atoms with Gasteiger partial charge in [-0.3, -0.25) is 4.84 Å². The first-order valence-electron chi connectivity index (χ1n) is 3.37. The second-order valence-corrected chi connectivity index (χ2v) is 2.11. The maximum atomic E-state index is 10.9. The molecule has 1 rings (SSSR count). The molecule has 1 fully saturated rings. The summed E-state index contributed by atoms with van der Waals surface area (Å²) < 4.78 is 4.73. The van der Waals surface area contributed by atoms with Crippen LogP contribution < -0.4 is 5.48 Å². The summed E-state index contributed by atoms with van der Waals surface area (Å²) in [5, 5.41) is 0. The minimum atomic E-state index is -0.810. The van der Waals surface area contributed by atoms with Crippen molar-refractivity contribution >= 4 is 5.97 Å². The van der Waals surface area contributed by atoms with Crippen molar-refractivity contribution in [2.45, 2.75) is 26.0 Å². The quantitative estimate of drug-likeness (QED) is 0.455. The number of hydrogen-bond donors (Lipinski definition) is 1. The van der Waals surface area contributed by atoms with E-state index in [0.717, 1.165) is 0 Å². The molecule has 4 nitrogen and oxygen atoms in total. The fraction of sp³-hybridized carbons (Fsp3) is 0.833. The first kappa shape index (κ1) is 7.50. The summed E-state index contributed by atoms with van der Waals surface area (Å²) in [6.07, 6.45) is 0.603. The number of nitrogens with one attached hydrogen (secondary N) is 1. The summed E-state index contributed by atoms with van der Waals surface area (Å²) in [6, 6.07) is 0. The van der Waals surface area contributed by atoms with Crippen LogP contribution in [0.25, 0.3) is 0 Å². The van der Waals surface area contributed by atoms with Crippen LogP contribution in [-0.2, 0) is 14.4 Å². The first-order valence-corrected chi connectivity index (χ1v) is 3.37. The van der Waals surface area contributed by atoms with E-state index in [9.17, 15) is 4.79 Å². The summed E-state index contributed by atoms with van der Waals surface area (Å²) >= 11 is 0. The van der Waals surface area contributed by atoms with Crippen molar-refractivity contribution in [3.05, 3.63) is 0 Å². The van der Waals surface area contributed by atoms with Gasteiger partial charge in [0.25, 0.3) is 5.72 Å². The molecular formula is C6H11NO3. The van der Waals surface area contributed by atoms with Gasteiger partial charge in [-0.2, -0.15) is 5.48 Å². The molecule has 0 aromatic heterocycles. The Balaban J connectivity index is 2.40. The van der Waals surface area contributed by atoms with E-state index in [1.807, 2.05) is 6.92 Å². The van der Waals surface area contributed by atoms with Crippen LogP contribution in [0.4, 0.5) is 0 Å². The van der Waals surface area contributed by atoms with Crippen LogP contribution in [0.1, 0.15) is 20.3 Å². The van der Waals surface area contributed by atoms with Gasteiger partial charge in [-0.05, 0) is 6.92 Å². The first-order chi connectivity index (χ1) is 4.75. The van der Waals surface area contributed by atoms with Crippen LogP contribution in [-0.4, -0.2) is 18.3 Å². The van der Waals surface area contributed by atoms with E-state index in [1.165, 1.54) is 0 Å². The highest BCUT2D eigenvalue weighted by Crippen LogP contribution is 2.24. The SMILES string of the molecule is CCOC(=O)C1(CC)NO1. The molecule has 0 spiro atoms. The van der Waals surface area contributed by atoms with Crippen LogP contribution in [0, 0.1) is 0 Å². The molecule has 1 aliphatic heterocycles. The van der Waals surface area contributed by atoms with Crippen molar-refractivity contribution in [3.63, 3.8) is 0 Å². The van der Waals surface area contributed by atoms with E-state index in [0.29, 0.717) is 13.0 Å². The van der Waals surface area contributed by atoms with Gasteiger partial charge in [-0.1, -0.05) is 6.92 Å². The largest absolute Gasteiger partial charge is 0.463 e. The van der Waals surface area contributed by atoms with Gasteiger partial charge in [0.2, 0.25) is 0 Å². The van der Waals surface area contributed by atoms with Gasteiger partial charge in [-0.25, -0.2) is 4.79 Å². The molecule has 1 atom stereocenters. The molecule has 1 N–H and O–H groups in total. The average molecular weight is 145 g/mol. The number of ether oxygens (including phenoxy) is 1. The van der Waals surface area contributed by atoms with E-state index in [4.69, 9.17) is 9.57 Å². The number of carbonyl (C=O) groups excluding carboxylic acids is 1. The molecule has 0 bridgehead atoms. The monoisotopic (exact) mass is 145 g/mol. The molecule has 4 heteroatoms. The lowest BCUT2D eigenvalue weighted by molar-refractivity contribution is -0.149. The second-order valence-electron chi connectivity index (χ2n) is 2.11. The van der Waals surface area contributed by atoms with Crippen LogP contribution in [0.2, 0.25) is 0 Å². The van der Waals surface area contributed by atoms with E-state index in [2.05, 4.69) is 5.48 Å². The summed E-state index contributed by atoms with van der Waals surface area (Å²) in [7, 11) is 0. The van der Waals surface area contributed by atoms with Crippen molar-refractivity contribution in [2.24, 2.45) is 0 Å². The maximum Gasteiger partial charge on any atom is 0.357 e. The Kier molecular flexibility index (Phi) is 1.92. The lowest BCUT2D eigenvalue weighted by Gasteiger charge is -2.04. The average Bonchev–Trinajstić information content (AvgIpc) is 2.68. The topological polar surface area (TPSA) is 60.8 Å². The van der Waals surface area contributed by atoms with Gasteiger partial charge in [-0.15, -0.1) is 0 Å². The van der Waals surface area contributed by atoms with Crippen molar-refractivity contribution in [1.82, 2.24) is 5.48 Å². The molecule has 0 aliphatic carbocycles. The highest BCUT2D eigenvalue weighted by molar-refractivity contribution is 5.80.